The lowest BCUT2D eigenvalue weighted by Crippen LogP contribution is -2.40. The number of carbonyl (C=O) groups is 2. The Balaban J connectivity index is 1.43. The Morgan fingerprint density at radius 1 is 1.15 bits per heavy atom. The zero-order chi connectivity index (χ0) is 18.8. The van der Waals surface area contributed by atoms with E-state index in [1.54, 1.807) is 7.11 Å². The molecule has 2 heterocycles. The van der Waals surface area contributed by atoms with Gasteiger partial charge in [0.25, 0.3) is 5.91 Å². The van der Waals surface area contributed by atoms with E-state index < -0.39 is 0 Å². The number of anilines is 1. The second kappa shape index (κ2) is 7.53. The molecule has 5 heteroatoms. The van der Waals surface area contributed by atoms with Crippen molar-refractivity contribution in [3.8, 4) is 0 Å². The maximum absolute atomic E-state index is 12.9. The fraction of sp³-hybridized carbons (Fsp3) is 0.364. The quantitative estimate of drug-likeness (QED) is 0.904. The van der Waals surface area contributed by atoms with Gasteiger partial charge in [0, 0.05) is 31.5 Å². The molecule has 0 bridgehead atoms. The highest BCUT2D eigenvalue weighted by atomic mass is 16.5. The summed E-state index contributed by atoms with van der Waals surface area (Å²) in [7, 11) is 1.65. The van der Waals surface area contributed by atoms with Gasteiger partial charge >= 0.3 is 0 Å². The summed E-state index contributed by atoms with van der Waals surface area (Å²) in [6.07, 6.45) is 1.69. The first-order valence-corrected chi connectivity index (χ1v) is 9.44. The molecule has 0 aliphatic carbocycles. The highest BCUT2D eigenvalue weighted by molar-refractivity contribution is 6.03. The molecule has 27 heavy (non-hydrogen) atoms. The minimum absolute atomic E-state index is 0.0580. The van der Waals surface area contributed by atoms with Gasteiger partial charge in [-0.1, -0.05) is 30.3 Å². The molecule has 140 valence electrons. The number of benzene rings is 2. The monoisotopic (exact) mass is 364 g/mol. The molecule has 4 rings (SSSR count). The summed E-state index contributed by atoms with van der Waals surface area (Å²) in [5.41, 5.74) is 3.73. The molecule has 2 aliphatic rings. The fourth-order valence-corrected chi connectivity index (χ4v) is 4.28. The van der Waals surface area contributed by atoms with E-state index in [0.29, 0.717) is 25.3 Å². The fourth-order valence-electron chi connectivity index (χ4n) is 4.28. The van der Waals surface area contributed by atoms with E-state index in [0.717, 1.165) is 29.7 Å². The Labute approximate surface area is 159 Å². The topological polar surface area (TPSA) is 58.6 Å². The Morgan fingerprint density at radius 2 is 1.93 bits per heavy atom. The summed E-state index contributed by atoms with van der Waals surface area (Å²) in [4.78, 5) is 27.2. The molecule has 2 aromatic rings. The number of nitrogens with zero attached hydrogens (tertiary/aromatic N) is 1. The van der Waals surface area contributed by atoms with E-state index >= 15 is 0 Å². The van der Waals surface area contributed by atoms with Gasteiger partial charge in [0.05, 0.1) is 12.5 Å². The maximum Gasteiger partial charge on any atom is 0.253 e. The zero-order valence-electron chi connectivity index (χ0n) is 15.5. The molecule has 1 atom stereocenters. The largest absolute Gasteiger partial charge is 0.380 e. The van der Waals surface area contributed by atoms with E-state index in [1.165, 1.54) is 0 Å². The summed E-state index contributed by atoms with van der Waals surface area (Å²) in [5.74, 6) is 0.330. The molecule has 5 nitrogen and oxygen atoms in total. The number of rotatable bonds is 4. The van der Waals surface area contributed by atoms with Crippen LogP contribution in [0, 0.1) is 5.92 Å². The number of piperidine rings is 1. The van der Waals surface area contributed by atoms with Gasteiger partial charge in [0.1, 0.15) is 0 Å². The number of methoxy groups -OCH3 is 1. The van der Waals surface area contributed by atoms with Gasteiger partial charge in [-0.15, -0.1) is 0 Å². The van der Waals surface area contributed by atoms with Crippen molar-refractivity contribution in [3.63, 3.8) is 0 Å². The smallest absolute Gasteiger partial charge is 0.253 e. The normalized spacial score (nSPS) is 19.7. The van der Waals surface area contributed by atoms with Crippen LogP contribution in [0.25, 0.3) is 0 Å². The van der Waals surface area contributed by atoms with E-state index in [9.17, 15) is 9.59 Å². The van der Waals surface area contributed by atoms with Crippen LogP contribution in [0.2, 0.25) is 0 Å². The van der Waals surface area contributed by atoms with Crippen molar-refractivity contribution in [2.24, 2.45) is 5.92 Å². The molecule has 0 spiro atoms. The minimum Gasteiger partial charge on any atom is -0.380 e. The van der Waals surface area contributed by atoms with Gasteiger partial charge in [-0.25, -0.2) is 0 Å². The van der Waals surface area contributed by atoms with Crippen molar-refractivity contribution >= 4 is 17.5 Å². The van der Waals surface area contributed by atoms with Crippen molar-refractivity contribution in [1.82, 2.24) is 4.90 Å². The molecule has 2 aliphatic heterocycles. The predicted octanol–water partition coefficient (Wildman–Crippen LogP) is 3.42. The van der Waals surface area contributed by atoms with Crippen LogP contribution in [-0.4, -0.2) is 36.9 Å². The van der Waals surface area contributed by atoms with Crippen LogP contribution in [0.15, 0.2) is 48.5 Å². The van der Waals surface area contributed by atoms with Crippen molar-refractivity contribution in [3.05, 3.63) is 65.2 Å². The molecular formula is C22H24N2O3. The molecule has 0 aromatic heterocycles. The molecule has 1 N–H and O–H groups in total. The van der Waals surface area contributed by atoms with Gasteiger partial charge in [-0.3, -0.25) is 9.59 Å². The van der Waals surface area contributed by atoms with Crippen LogP contribution in [0.3, 0.4) is 0 Å². The first-order valence-electron chi connectivity index (χ1n) is 9.44. The molecule has 0 radical (unpaired) electrons. The Hall–Kier alpha value is -2.66. The third kappa shape index (κ3) is 3.47. The van der Waals surface area contributed by atoms with Gasteiger partial charge in [0.15, 0.2) is 0 Å². The number of hydrogen-bond donors (Lipinski definition) is 1. The number of fused-ring (bicyclic) bond motifs is 1. The average Bonchev–Trinajstić information content (AvgIpc) is 3.04. The molecular weight excluding hydrogens is 340 g/mol. The highest BCUT2D eigenvalue weighted by Crippen LogP contribution is 2.41. The Kier molecular flexibility index (Phi) is 4.94. The number of hydrogen-bond acceptors (Lipinski definition) is 3. The Morgan fingerprint density at radius 3 is 2.70 bits per heavy atom. The molecule has 1 fully saturated rings. The first kappa shape index (κ1) is 17.7. The maximum atomic E-state index is 12.9. The zero-order valence-corrected chi connectivity index (χ0v) is 15.5. The lowest BCUT2D eigenvalue weighted by Gasteiger charge is -2.34. The van der Waals surface area contributed by atoms with Crippen molar-refractivity contribution < 1.29 is 14.3 Å². The van der Waals surface area contributed by atoms with E-state index in [2.05, 4.69) is 5.32 Å². The highest BCUT2D eigenvalue weighted by Gasteiger charge is 2.38. The van der Waals surface area contributed by atoms with Gasteiger partial charge in [-0.05, 0) is 48.1 Å². The number of likely N-dealkylation sites (tertiary alicyclic amines) is 1. The molecule has 2 amide bonds. The van der Waals surface area contributed by atoms with Crippen LogP contribution >= 0.6 is 0 Å². The third-order valence-corrected chi connectivity index (χ3v) is 5.62. The molecule has 2 aromatic carbocycles. The van der Waals surface area contributed by atoms with E-state index in [-0.39, 0.29) is 23.7 Å². The SMILES string of the molecule is COCc1cccc(C(=O)N2CCC(C3C(=O)Nc4ccccc43)CC2)c1. The standard InChI is InChI=1S/C22H24N2O3/c1-27-14-15-5-4-6-17(13-15)22(26)24-11-9-16(10-12-24)20-18-7-2-3-8-19(18)23-21(20)25/h2-8,13,16,20H,9-12,14H2,1H3,(H,23,25). The molecule has 1 unspecified atom stereocenters. The number of nitrogens with one attached hydrogen (secondary N) is 1. The van der Waals surface area contributed by atoms with Crippen molar-refractivity contribution in [1.29, 1.82) is 0 Å². The van der Waals surface area contributed by atoms with Crippen molar-refractivity contribution in [2.45, 2.75) is 25.4 Å². The van der Waals surface area contributed by atoms with Gasteiger partial charge in [0.2, 0.25) is 5.91 Å². The first-order chi connectivity index (χ1) is 13.2. The predicted molar refractivity (Wildman–Crippen MR) is 104 cm³/mol. The third-order valence-electron chi connectivity index (χ3n) is 5.62. The summed E-state index contributed by atoms with van der Waals surface area (Å²) in [6.45, 7) is 1.87. The number of ether oxygens (including phenoxy) is 1. The summed E-state index contributed by atoms with van der Waals surface area (Å²) < 4.78 is 5.16. The number of carbonyl (C=O) groups excluding carboxylic acids is 2. The minimum atomic E-state index is -0.0940. The summed E-state index contributed by atoms with van der Waals surface area (Å²) in [6, 6.07) is 15.5. The van der Waals surface area contributed by atoms with Crippen molar-refractivity contribution in [2.75, 3.05) is 25.5 Å². The lowest BCUT2D eigenvalue weighted by molar-refractivity contribution is -0.118. The van der Waals surface area contributed by atoms with Gasteiger partial charge in [-0.2, -0.15) is 0 Å². The van der Waals surface area contributed by atoms with Crippen LogP contribution in [0.5, 0.6) is 0 Å². The van der Waals surface area contributed by atoms with Gasteiger partial charge < -0.3 is 15.0 Å². The van der Waals surface area contributed by atoms with Crippen LogP contribution in [-0.2, 0) is 16.1 Å². The van der Waals surface area contributed by atoms with Crippen LogP contribution in [0.1, 0.15) is 40.2 Å². The van der Waals surface area contributed by atoms with E-state index in [4.69, 9.17) is 4.74 Å². The number of amides is 2. The van der Waals surface area contributed by atoms with E-state index in [1.807, 2.05) is 53.4 Å². The van der Waals surface area contributed by atoms with Crippen LogP contribution < -0.4 is 5.32 Å². The average molecular weight is 364 g/mol. The molecule has 0 saturated carbocycles. The summed E-state index contributed by atoms with van der Waals surface area (Å²) in [5, 5.41) is 2.99. The second-order valence-corrected chi connectivity index (χ2v) is 7.32. The summed E-state index contributed by atoms with van der Waals surface area (Å²) >= 11 is 0. The lowest BCUT2D eigenvalue weighted by atomic mass is 9.80. The Bertz CT molecular complexity index is 856. The second-order valence-electron chi connectivity index (χ2n) is 7.32. The van der Waals surface area contributed by atoms with Crippen LogP contribution in [0.4, 0.5) is 5.69 Å². The molecule has 1 saturated heterocycles. The number of para-hydroxylation sites is 1.